The van der Waals surface area contributed by atoms with E-state index in [2.05, 4.69) is 39.4 Å². The first-order valence-electron chi connectivity index (χ1n) is 8.00. The summed E-state index contributed by atoms with van der Waals surface area (Å²) in [5, 5.41) is 17.5. The molecule has 0 bridgehead atoms. The number of hydrogen-bond acceptors (Lipinski definition) is 7. The molecule has 0 radical (unpaired) electrons. The molecule has 0 aliphatic heterocycles. The van der Waals surface area contributed by atoms with E-state index in [0.717, 1.165) is 19.4 Å². The maximum Gasteiger partial charge on any atom is 0.353 e. The molecule has 0 aliphatic carbocycles. The average Bonchev–Trinajstić information content (AvgIpc) is 3.04. The Balaban J connectivity index is 1.96. The number of nitrogens with one attached hydrogen (secondary N) is 2. The van der Waals surface area contributed by atoms with E-state index in [1.807, 2.05) is 10.8 Å². The van der Waals surface area contributed by atoms with Crippen molar-refractivity contribution < 1.29 is 4.92 Å². The van der Waals surface area contributed by atoms with Gasteiger partial charge in [0.25, 0.3) is 0 Å². The summed E-state index contributed by atoms with van der Waals surface area (Å²) in [5.74, 6) is 1.01. The van der Waals surface area contributed by atoms with Crippen LogP contribution in [0.5, 0.6) is 0 Å². The summed E-state index contributed by atoms with van der Waals surface area (Å²) in [6, 6.07) is 0. The van der Waals surface area contributed by atoms with Crippen LogP contribution in [-0.2, 0) is 6.54 Å². The van der Waals surface area contributed by atoms with E-state index in [0.29, 0.717) is 19.0 Å². The lowest BCUT2D eigenvalue weighted by Crippen LogP contribution is -2.13. The van der Waals surface area contributed by atoms with Gasteiger partial charge in [0, 0.05) is 32.0 Å². The highest BCUT2D eigenvalue weighted by atomic mass is 16.6. The van der Waals surface area contributed by atoms with E-state index in [-0.39, 0.29) is 17.3 Å². The molecule has 9 heteroatoms. The number of nitro groups is 1. The maximum absolute atomic E-state index is 11.4. The molecule has 2 rings (SSSR count). The van der Waals surface area contributed by atoms with E-state index >= 15 is 0 Å². The van der Waals surface area contributed by atoms with Crippen molar-refractivity contribution in [2.75, 3.05) is 23.7 Å². The van der Waals surface area contributed by atoms with E-state index in [1.165, 1.54) is 6.33 Å². The zero-order chi connectivity index (χ0) is 17.4. The Morgan fingerprint density at radius 3 is 2.54 bits per heavy atom. The van der Waals surface area contributed by atoms with Crippen LogP contribution in [0.1, 0.15) is 26.7 Å². The highest BCUT2D eigenvalue weighted by molar-refractivity contribution is 5.69. The van der Waals surface area contributed by atoms with Crippen molar-refractivity contribution in [3.63, 3.8) is 0 Å². The number of aryl methyl sites for hydroxylation is 1. The van der Waals surface area contributed by atoms with Crippen molar-refractivity contribution in [2.45, 2.75) is 33.2 Å². The van der Waals surface area contributed by atoms with Crippen LogP contribution >= 0.6 is 0 Å². The van der Waals surface area contributed by atoms with Gasteiger partial charge in [-0.25, -0.2) is 15.0 Å². The van der Waals surface area contributed by atoms with E-state index in [4.69, 9.17) is 0 Å². The van der Waals surface area contributed by atoms with Crippen LogP contribution in [0.2, 0.25) is 0 Å². The SMILES string of the molecule is CC(C)CCNc1ncnc(NCCCn2ccnc2)c1[N+](=O)[O-]. The lowest BCUT2D eigenvalue weighted by molar-refractivity contribution is -0.383. The molecular weight excluding hydrogens is 310 g/mol. The van der Waals surface area contributed by atoms with Crippen LogP contribution < -0.4 is 10.6 Å². The Morgan fingerprint density at radius 1 is 1.25 bits per heavy atom. The zero-order valence-electron chi connectivity index (χ0n) is 14.0. The number of aromatic nitrogens is 4. The summed E-state index contributed by atoms with van der Waals surface area (Å²) in [4.78, 5) is 22.9. The van der Waals surface area contributed by atoms with Gasteiger partial charge in [0.2, 0.25) is 11.6 Å². The van der Waals surface area contributed by atoms with Crippen LogP contribution in [-0.4, -0.2) is 37.5 Å². The molecule has 0 fully saturated rings. The Bertz CT molecular complexity index is 643. The molecular formula is C15H23N7O2. The second-order valence-electron chi connectivity index (χ2n) is 5.87. The summed E-state index contributed by atoms with van der Waals surface area (Å²) in [6.07, 6.45) is 8.39. The van der Waals surface area contributed by atoms with Gasteiger partial charge in [-0.1, -0.05) is 13.8 Å². The predicted octanol–water partition coefficient (Wildman–Crippen LogP) is 2.54. The fourth-order valence-electron chi connectivity index (χ4n) is 2.18. The van der Waals surface area contributed by atoms with Gasteiger partial charge in [0.05, 0.1) is 11.3 Å². The van der Waals surface area contributed by atoms with Crippen molar-refractivity contribution in [3.05, 3.63) is 35.2 Å². The van der Waals surface area contributed by atoms with Crippen molar-refractivity contribution in [1.29, 1.82) is 0 Å². The van der Waals surface area contributed by atoms with Crippen molar-refractivity contribution >= 4 is 17.3 Å². The summed E-state index contributed by atoms with van der Waals surface area (Å²) < 4.78 is 1.95. The summed E-state index contributed by atoms with van der Waals surface area (Å²) >= 11 is 0. The molecule has 9 nitrogen and oxygen atoms in total. The molecule has 2 aromatic rings. The third kappa shape index (κ3) is 5.18. The monoisotopic (exact) mass is 333 g/mol. The molecule has 24 heavy (non-hydrogen) atoms. The van der Waals surface area contributed by atoms with Crippen molar-refractivity contribution in [1.82, 2.24) is 19.5 Å². The minimum Gasteiger partial charge on any atom is -0.364 e. The van der Waals surface area contributed by atoms with Gasteiger partial charge in [-0.2, -0.15) is 0 Å². The molecule has 0 amide bonds. The molecule has 0 saturated carbocycles. The lowest BCUT2D eigenvalue weighted by Gasteiger charge is -2.11. The third-order valence-electron chi connectivity index (χ3n) is 3.46. The van der Waals surface area contributed by atoms with Gasteiger partial charge in [0.15, 0.2) is 0 Å². The molecule has 130 valence electrons. The average molecular weight is 333 g/mol. The van der Waals surface area contributed by atoms with Gasteiger partial charge in [0.1, 0.15) is 6.33 Å². The molecule has 0 atom stereocenters. The van der Waals surface area contributed by atoms with Crippen molar-refractivity contribution in [3.8, 4) is 0 Å². The summed E-state index contributed by atoms with van der Waals surface area (Å²) in [6.45, 7) is 6.19. The Morgan fingerprint density at radius 2 is 1.96 bits per heavy atom. The van der Waals surface area contributed by atoms with E-state index in [9.17, 15) is 10.1 Å². The van der Waals surface area contributed by atoms with Crippen molar-refractivity contribution in [2.24, 2.45) is 5.92 Å². The van der Waals surface area contributed by atoms with Crippen LogP contribution in [0.25, 0.3) is 0 Å². The summed E-state index contributed by atoms with van der Waals surface area (Å²) in [5.41, 5.74) is -0.108. The second-order valence-corrected chi connectivity index (χ2v) is 5.87. The van der Waals surface area contributed by atoms with Crippen LogP contribution in [0.4, 0.5) is 17.3 Å². The minimum absolute atomic E-state index is 0.108. The molecule has 0 spiro atoms. The van der Waals surface area contributed by atoms with E-state index in [1.54, 1.807) is 12.5 Å². The molecule has 2 N–H and O–H groups in total. The smallest absolute Gasteiger partial charge is 0.353 e. The number of rotatable bonds is 10. The van der Waals surface area contributed by atoms with Gasteiger partial charge < -0.3 is 15.2 Å². The Labute approximate surface area is 140 Å². The molecule has 0 unspecified atom stereocenters. The first-order valence-corrected chi connectivity index (χ1v) is 8.00. The van der Waals surface area contributed by atoms with E-state index < -0.39 is 4.92 Å². The number of imidazole rings is 1. The molecule has 0 aliphatic rings. The third-order valence-corrected chi connectivity index (χ3v) is 3.46. The fraction of sp³-hybridized carbons (Fsp3) is 0.533. The lowest BCUT2D eigenvalue weighted by atomic mass is 10.1. The molecule has 2 heterocycles. The first kappa shape index (κ1) is 17.6. The fourth-order valence-corrected chi connectivity index (χ4v) is 2.18. The zero-order valence-corrected chi connectivity index (χ0v) is 14.0. The van der Waals surface area contributed by atoms with Crippen LogP contribution in [0, 0.1) is 16.0 Å². The predicted molar refractivity (Wildman–Crippen MR) is 92.0 cm³/mol. The first-order chi connectivity index (χ1) is 11.6. The molecule has 0 aromatic carbocycles. The van der Waals surface area contributed by atoms with Gasteiger partial charge in [-0.3, -0.25) is 10.1 Å². The van der Waals surface area contributed by atoms with Crippen LogP contribution in [0.15, 0.2) is 25.0 Å². The number of nitrogens with zero attached hydrogens (tertiary/aromatic N) is 5. The standard InChI is InChI=1S/C15H23N7O2/c1-12(2)4-6-18-15-13(22(23)24)14(19-10-20-15)17-5-3-8-21-9-7-16-11-21/h7,9-12H,3-6,8H2,1-2H3,(H2,17,18,19,20). The quantitative estimate of drug-likeness (QED) is 0.390. The number of anilines is 2. The molecule has 2 aromatic heterocycles. The highest BCUT2D eigenvalue weighted by Gasteiger charge is 2.22. The highest BCUT2D eigenvalue weighted by Crippen LogP contribution is 2.28. The largest absolute Gasteiger partial charge is 0.364 e. The summed E-state index contributed by atoms with van der Waals surface area (Å²) in [7, 11) is 0. The second kappa shape index (κ2) is 8.80. The Kier molecular flexibility index (Phi) is 6.47. The number of hydrogen-bond donors (Lipinski definition) is 2. The van der Waals surface area contributed by atoms with Gasteiger partial charge >= 0.3 is 5.69 Å². The molecule has 0 saturated heterocycles. The van der Waals surface area contributed by atoms with Gasteiger partial charge in [-0.15, -0.1) is 0 Å². The minimum atomic E-state index is -0.449. The maximum atomic E-state index is 11.4. The Hall–Kier alpha value is -2.71. The normalized spacial score (nSPS) is 10.8. The van der Waals surface area contributed by atoms with Gasteiger partial charge in [-0.05, 0) is 18.8 Å². The van der Waals surface area contributed by atoms with Crippen LogP contribution in [0.3, 0.4) is 0 Å². The topological polar surface area (TPSA) is 111 Å².